The second-order valence-corrected chi connectivity index (χ2v) is 4.25. The third-order valence-corrected chi connectivity index (χ3v) is 1.47. The van der Waals surface area contributed by atoms with Gasteiger partial charge < -0.3 is 20.1 Å². The van der Waals surface area contributed by atoms with Crippen LogP contribution in [0.2, 0.25) is 0 Å². The monoisotopic (exact) mass is 218 g/mol. The Morgan fingerprint density at radius 1 is 1.20 bits per heavy atom. The van der Waals surface area contributed by atoms with Crippen LogP contribution in [-0.2, 0) is 9.47 Å². The van der Waals surface area contributed by atoms with Crippen LogP contribution >= 0.6 is 0 Å². The van der Waals surface area contributed by atoms with Gasteiger partial charge in [0.15, 0.2) is 0 Å². The van der Waals surface area contributed by atoms with E-state index >= 15 is 0 Å². The van der Waals surface area contributed by atoms with E-state index in [0.29, 0.717) is 19.8 Å². The number of hydrogen-bond acceptors (Lipinski definition) is 4. The van der Waals surface area contributed by atoms with Crippen LogP contribution in [0.1, 0.15) is 20.8 Å². The van der Waals surface area contributed by atoms with Gasteiger partial charge in [-0.1, -0.05) is 0 Å². The van der Waals surface area contributed by atoms with Gasteiger partial charge in [-0.3, -0.25) is 0 Å². The number of methoxy groups -OCH3 is 1. The molecular formula is C10H22N2O3. The molecule has 0 bridgehead atoms. The zero-order valence-electron chi connectivity index (χ0n) is 10.1. The number of hydrogen-bond donors (Lipinski definition) is 2. The third kappa shape index (κ3) is 11.1. The van der Waals surface area contributed by atoms with E-state index in [-0.39, 0.29) is 11.6 Å². The maximum atomic E-state index is 11.2. The Hall–Kier alpha value is -0.810. The van der Waals surface area contributed by atoms with Crippen molar-refractivity contribution in [3.63, 3.8) is 0 Å². The van der Waals surface area contributed by atoms with Crippen LogP contribution in [-0.4, -0.2) is 45.0 Å². The Morgan fingerprint density at radius 2 is 1.80 bits per heavy atom. The average molecular weight is 218 g/mol. The standard InChI is InChI=1S/C10H22N2O3/c1-10(2,3)12-9(13)15-8-6-11-5-7-14-4/h11H,5-8H2,1-4H3,(H,12,13). The van der Waals surface area contributed by atoms with Gasteiger partial charge in [0.2, 0.25) is 0 Å². The molecule has 0 rings (SSSR count). The molecule has 0 fully saturated rings. The Balaban J connectivity index is 3.32. The van der Waals surface area contributed by atoms with Crippen LogP contribution in [0.4, 0.5) is 4.79 Å². The molecule has 0 unspecified atom stereocenters. The van der Waals surface area contributed by atoms with Crippen molar-refractivity contribution in [2.45, 2.75) is 26.3 Å². The van der Waals surface area contributed by atoms with Crippen LogP contribution < -0.4 is 10.6 Å². The summed E-state index contributed by atoms with van der Waals surface area (Å²) >= 11 is 0. The van der Waals surface area contributed by atoms with E-state index < -0.39 is 0 Å². The second-order valence-electron chi connectivity index (χ2n) is 4.25. The van der Waals surface area contributed by atoms with E-state index in [2.05, 4.69) is 10.6 Å². The zero-order chi connectivity index (χ0) is 11.7. The normalized spacial score (nSPS) is 11.2. The van der Waals surface area contributed by atoms with Crippen LogP contribution in [0, 0.1) is 0 Å². The third-order valence-electron chi connectivity index (χ3n) is 1.47. The highest BCUT2D eigenvalue weighted by atomic mass is 16.5. The first-order valence-corrected chi connectivity index (χ1v) is 5.10. The molecule has 0 aromatic rings. The smallest absolute Gasteiger partial charge is 0.407 e. The summed E-state index contributed by atoms with van der Waals surface area (Å²) in [5.41, 5.74) is -0.249. The largest absolute Gasteiger partial charge is 0.448 e. The summed E-state index contributed by atoms with van der Waals surface area (Å²) in [7, 11) is 1.65. The summed E-state index contributed by atoms with van der Waals surface area (Å²) in [5, 5.41) is 5.78. The molecule has 0 spiro atoms. The minimum Gasteiger partial charge on any atom is -0.448 e. The first-order chi connectivity index (χ1) is 6.95. The first-order valence-electron chi connectivity index (χ1n) is 5.10. The minimum atomic E-state index is -0.379. The molecule has 90 valence electrons. The molecule has 0 aliphatic heterocycles. The van der Waals surface area contributed by atoms with E-state index in [4.69, 9.17) is 9.47 Å². The van der Waals surface area contributed by atoms with Crippen molar-refractivity contribution in [3.8, 4) is 0 Å². The van der Waals surface area contributed by atoms with E-state index in [1.165, 1.54) is 0 Å². The number of amides is 1. The number of carbonyl (C=O) groups is 1. The van der Waals surface area contributed by atoms with Crippen LogP contribution in [0.3, 0.4) is 0 Å². The van der Waals surface area contributed by atoms with Gasteiger partial charge in [-0.15, -0.1) is 0 Å². The highest BCUT2D eigenvalue weighted by Crippen LogP contribution is 1.98. The molecule has 0 aliphatic rings. The summed E-state index contributed by atoms with van der Waals surface area (Å²) in [6, 6.07) is 0. The molecule has 0 aliphatic carbocycles. The Bertz CT molecular complexity index is 178. The molecule has 2 N–H and O–H groups in total. The molecule has 1 amide bonds. The van der Waals surface area contributed by atoms with Gasteiger partial charge in [0, 0.05) is 25.7 Å². The van der Waals surface area contributed by atoms with Crippen molar-refractivity contribution in [2.24, 2.45) is 0 Å². The minimum absolute atomic E-state index is 0.249. The predicted octanol–water partition coefficient (Wildman–Crippen LogP) is 0.747. The van der Waals surface area contributed by atoms with Crippen molar-refractivity contribution >= 4 is 6.09 Å². The van der Waals surface area contributed by atoms with Crippen molar-refractivity contribution in [1.82, 2.24) is 10.6 Å². The Labute approximate surface area is 91.5 Å². The zero-order valence-corrected chi connectivity index (χ0v) is 10.1. The highest BCUT2D eigenvalue weighted by molar-refractivity contribution is 5.67. The molecule has 0 saturated carbocycles. The molecule has 0 atom stereocenters. The SMILES string of the molecule is COCCNCCOC(=O)NC(C)(C)C. The number of carbonyl (C=O) groups excluding carboxylic acids is 1. The summed E-state index contributed by atoms with van der Waals surface area (Å²) in [6.07, 6.45) is -0.379. The van der Waals surface area contributed by atoms with Crippen LogP contribution in [0.5, 0.6) is 0 Å². The first kappa shape index (κ1) is 14.2. The van der Waals surface area contributed by atoms with Crippen molar-refractivity contribution in [1.29, 1.82) is 0 Å². The van der Waals surface area contributed by atoms with Crippen molar-refractivity contribution in [2.75, 3.05) is 33.4 Å². The lowest BCUT2D eigenvalue weighted by Gasteiger charge is -2.19. The van der Waals surface area contributed by atoms with Gasteiger partial charge in [0.1, 0.15) is 6.61 Å². The second kappa shape index (κ2) is 7.48. The molecule has 0 heterocycles. The summed E-state index contributed by atoms with van der Waals surface area (Å²) in [4.78, 5) is 11.2. The number of rotatable bonds is 6. The molecule has 0 aromatic heterocycles. The Morgan fingerprint density at radius 3 is 2.33 bits per heavy atom. The fraction of sp³-hybridized carbons (Fsp3) is 0.900. The summed E-state index contributed by atoms with van der Waals surface area (Å²) in [5.74, 6) is 0. The molecular weight excluding hydrogens is 196 g/mol. The molecule has 0 aromatic carbocycles. The van der Waals surface area contributed by atoms with Gasteiger partial charge in [0.25, 0.3) is 0 Å². The number of ether oxygens (including phenoxy) is 2. The van der Waals surface area contributed by atoms with Gasteiger partial charge >= 0.3 is 6.09 Å². The number of alkyl carbamates (subject to hydrolysis) is 1. The van der Waals surface area contributed by atoms with E-state index in [1.807, 2.05) is 20.8 Å². The molecule has 0 saturated heterocycles. The predicted molar refractivity (Wildman–Crippen MR) is 59.0 cm³/mol. The van der Waals surface area contributed by atoms with E-state index in [0.717, 1.165) is 6.54 Å². The fourth-order valence-electron chi connectivity index (χ4n) is 0.857. The van der Waals surface area contributed by atoms with Crippen molar-refractivity contribution in [3.05, 3.63) is 0 Å². The van der Waals surface area contributed by atoms with Crippen LogP contribution in [0.15, 0.2) is 0 Å². The average Bonchev–Trinajstić information content (AvgIpc) is 2.08. The molecule has 5 heteroatoms. The summed E-state index contributed by atoms with van der Waals surface area (Å²) in [6.45, 7) is 8.16. The lowest BCUT2D eigenvalue weighted by molar-refractivity contribution is 0.136. The Kier molecular flexibility index (Phi) is 7.07. The topological polar surface area (TPSA) is 59.6 Å². The van der Waals surface area contributed by atoms with E-state index in [9.17, 15) is 4.79 Å². The highest BCUT2D eigenvalue weighted by Gasteiger charge is 2.13. The van der Waals surface area contributed by atoms with Gasteiger partial charge in [0.05, 0.1) is 6.61 Å². The maximum absolute atomic E-state index is 11.2. The van der Waals surface area contributed by atoms with Crippen molar-refractivity contribution < 1.29 is 14.3 Å². The number of nitrogens with one attached hydrogen (secondary N) is 2. The lowest BCUT2D eigenvalue weighted by Crippen LogP contribution is -2.41. The maximum Gasteiger partial charge on any atom is 0.407 e. The quantitative estimate of drug-likeness (QED) is 0.646. The van der Waals surface area contributed by atoms with Gasteiger partial charge in [-0.05, 0) is 20.8 Å². The fourth-order valence-corrected chi connectivity index (χ4v) is 0.857. The van der Waals surface area contributed by atoms with E-state index in [1.54, 1.807) is 7.11 Å². The summed E-state index contributed by atoms with van der Waals surface area (Å²) < 4.78 is 9.80. The van der Waals surface area contributed by atoms with Crippen LogP contribution in [0.25, 0.3) is 0 Å². The van der Waals surface area contributed by atoms with Gasteiger partial charge in [-0.2, -0.15) is 0 Å². The molecule has 15 heavy (non-hydrogen) atoms. The molecule has 0 radical (unpaired) electrons. The lowest BCUT2D eigenvalue weighted by atomic mass is 10.1. The molecule has 5 nitrogen and oxygen atoms in total. The van der Waals surface area contributed by atoms with Gasteiger partial charge in [-0.25, -0.2) is 4.79 Å².